The fraction of sp³-hybridized carbons (Fsp3) is 0. The van der Waals surface area contributed by atoms with E-state index in [0.29, 0.717) is 0 Å². The molecule has 0 aliphatic rings. The van der Waals surface area contributed by atoms with E-state index in [1.54, 1.807) is 0 Å². The molecule has 8 nitrogen and oxygen atoms in total. The highest BCUT2D eigenvalue weighted by Crippen LogP contribution is 2.22. The van der Waals surface area contributed by atoms with E-state index in [9.17, 15) is 19.2 Å². The Kier molecular flexibility index (Phi) is 4.83. The average Bonchev–Trinajstić information content (AvgIpc) is 2.54. The zero-order chi connectivity index (χ0) is 18.7. The van der Waals surface area contributed by atoms with Crippen LogP contribution in [0.2, 0.25) is 0 Å². The van der Waals surface area contributed by atoms with E-state index < -0.39 is 23.6 Å². The van der Waals surface area contributed by atoms with Crippen molar-refractivity contribution in [2.24, 2.45) is 22.9 Å². The van der Waals surface area contributed by atoms with Crippen LogP contribution in [0.5, 0.6) is 0 Å². The highest BCUT2D eigenvalue weighted by atomic mass is 16.2. The molecule has 25 heavy (non-hydrogen) atoms. The minimum Gasteiger partial charge on any atom is -0.366 e. The van der Waals surface area contributed by atoms with Crippen LogP contribution in [0.4, 0.5) is 0 Å². The van der Waals surface area contributed by atoms with Crippen molar-refractivity contribution >= 4 is 23.6 Å². The van der Waals surface area contributed by atoms with Gasteiger partial charge in [-0.2, -0.15) is 0 Å². The molecule has 0 saturated carbocycles. The summed E-state index contributed by atoms with van der Waals surface area (Å²) in [6.07, 6.45) is 1.40. The number of hydrogen-bond donors (Lipinski definition) is 4. The van der Waals surface area contributed by atoms with Gasteiger partial charge in [0.15, 0.2) is 0 Å². The number of carbonyl (C=O) groups excluding carboxylic acids is 4. The molecule has 0 saturated heterocycles. The van der Waals surface area contributed by atoms with Crippen molar-refractivity contribution in [1.29, 1.82) is 0 Å². The lowest BCUT2D eigenvalue weighted by atomic mass is 9.93. The molecule has 8 N–H and O–H groups in total. The van der Waals surface area contributed by atoms with Gasteiger partial charge in [-0.3, -0.25) is 19.2 Å². The summed E-state index contributed by atoms with van der Waals surface area (Å²) in [5, 5.41) is 0. The third kappa shape index (κ3) is 3.81. The van der Waals surface area contributed by atoms with Gasteiger partial charge >= 0.3 is 0 Å². The lowest BCUT2D eigenvalue weighted by Gasteiger charge is -2.12. The van der Waals surface area contributed by atoms with E-state index >= 15 is 0 Å². The van der Waals surface area contributed by atoms with Gasteiger partial charge in [-0.25, -0.2) is 0 Å². The van der Waals surface area contributed by atoms with E-state index in [-0.39, 0.29) is 33.4 Å². The molecule has 0 unspecified atom stereocenters. The van der Waals surface area contributed by atoms with E-state index in [1.807, 2.05) is 0 Å². The fourth-order valence-corrected chi connectivity index (χ4v) is 2.29. The van der Waals surface area contributed by atoms with Gasteiger partial charge in [0.1, 0.15) is 0 Å². The quantitative estimate of drug-likeness (QED) is 0.565. The normalized spacial score (nSPS) is 10.2. The van der Waals surface area contributed by atoms with Crippen molar-refractivity contribution in [2.45, 2.75) is 0 Å². The molecule has 0 spiro atoms. The van der Waals surface area contributed by atoms with Crippen LogP contribution in [-0.4, -0.2) is 23.6 Å². The van der Waals surface area contributed by atoms with E-state index in [0.717, 1.165) is 0 Å². The Bertz CT molecular complexity index is 832. The van der Waals surface area contributed by atoms with Crippen LogP contribution >= 0.6 is 0 Å². The Morgan fingerprint density at radius 2 is 0.960 bits per heavy atom. The smallest absolute Gasteiger partial charge is 0.249 e. The van der Waals surface area contributed by atoms with E-state index in [2.05, 4.69) is 0 Å². The zero-order valence-electron chi connectivity index (χ0n) is 13.0. The predicted octanol–water partition coefficient (Wildman–Crippen LogP) is -0.317. The summed E-state index contributed by atoms with van der Waals surface area (Å²) in [5.41, 5.74) is 22.1. The van der Waals surface area contributed by atoms with Crippen LogP contribution in [0.1, 0.15) is 52.6 Å². The first kappa shape index (κ1) is 17.7. The van der Waals surface area contributed by atoms with Crippen molar-refractivity contribution in [3.63, 3.8) is 0 Å². The number of hydrogen-bond acceptors (Lipinski definition) is 4. The molecular weight excluding hydrogens is 324 g/mol. The standard InChI is InChI=1S/C17H15N4O4/c18-14(22)8-1-3-12(16(20)24)10(5-8)7-11-6-9(15(19)23)2-4-13(11)17(21)25/h1-7H,(H2,18,22)(H2,19,23)(H2,20,24)(H2,21,25). The van der Waals surface area contributed by atoms with Gasteiger partial charge in [-0.05, 0) is 47.5 Å². The molecule has 0 aromatic heterocycles. The van der Waals surface area contributed by atoms with Crippen LogP contribution in [-0.2, 0) is 0 Å². The highest BCUT2D eigenvalue weighted by molar-refractivity contribution is 6.00. The second kappa shape index (κ2) is 6.83. The summed E-state index contributed by atoms with van der Waals surface area (Å²) in [6, 6.07) is 8.10. The van der Waals surface area contributed by atoms with Gasteiger partial charge in [-0.15, -0.1) is 0 Å². The number of nitrogens with two attached hydrogens (primary N) is 4. The van der Waals surface area contributed by atoms with E-state index in [4.69, 9.17) is 22.9 Å². The topological polar surface area (TPSA) is 172 Å². The summed E-state index contributed by atoms with van der Waals surface area (Å²) >= 11 is 0. The van der Waals surface area contributed by atoms with Gasteiger partial charge in [-0.1, -0.05) is 0 Å². The molecule has 0 heterocycles. The largest absolute Gasteiger partial charge is 0.366 e. The number of amides is 4. The predicted molar refractivity (Wildman–Crippen MR) is 89.5 cm³/mol. The number of primary amides is 4. The van der Waals surface area contributed by atoms with Crippen LogP contribution < -0.4 is 22.9 Å². The van der Waals surface area contributed by atoms with Crippen LogP contribution in [0.15, 0.2) is 36.4 Å². The Balaban J connectivity index is 2.61. The molecule has 0 fully saturated rings. The molecule has 2 aromatic rings. The van der Waals surface area contributed by atoms with E-state index in [1.165, 1.54) is 42.8 Å². The second-order valence-corrected chi connectivity index (χ2v) is 5.21. The van der Waals surface area contributed by atoms with Gasteiger partial charge in [0, 0.05) is 28.7 Å². The van der Waals surface area contributed by atoms with Crippen molar-refractivity contribution < 1.29 is 19.2 Å². The lowest BCUT2D eigenvalue weighted by molar-refractivity contribution is 0.0987. The average molecular weight is 339 g/mol. The highest BCUT2D eigenvalue weighted by Gasteiger charge is 2.17. The molecule has 2 rings (SSSR count). The summed E-state index contributed by atoms with van der Waals surface area (Å²) in [7, 11) is 0. The Labute approximate surface area is 142 Å². The first-order valence-electron chi connectivity index (χ1n) is 7.02. The minimum absolute atomic E-state index is 0.102. The van der Waals surface area contributed by atoms with Crippen LogP contribution in [0, 0.1) is 6.42 Å². The fourth-order valence-electron chi connectivity index (χ4n) is 2.29. The third-order valence-corrected chi connectivity index (χ3v) is 3.51. The van der Waals surface area contributed by atoms with Gasteiger partial charge < -0.3 is 22.9 Å². The molecule has 4 amide bonds. The molecule has 8 heteroatoms. The Morgan fingerprint density at radius 1 is 0.600 bits per heavy atom. The summed E-state index contributed by atoms with van der Waals surface area (Å²) in [4.78, 5) is 45.9. The second-order valence-electron chi connectivity index (χ2n) is 5.21. The number of rotatable bonds is 6. The third-order valence-electron chi connectivity index (χ3n) is 3.51. The van der Waals surface area contributed by atoms with Crippen molar-refractivity contribution in [3.8, 4) is 0 Å². The minimum atomic E-state index is -0.742. The maximum Gasteiger partial charge on any atom is 0.249 e. The van der Waals surface area contributed by atoms with Gasteiger partial charge in [0.2, 0.25) is 23.6 Å². The molecule has 0 aliphatic heterocycles. The molecule has 0 atom stereocenters. The van der Waals surface area contributed by atoms with Crippen LogP contribution in [0.25, 0.3) is 0 Å². The molecule has 2 aromatic carbocycles. The van der Waals surface area contributed by atoms with Crippen molar-refractivity contribution in [3.05, 3.63) is 76.2 Å². The molecule has 0 aliphatic carbocycles. The SMILES string of the molecule is NC(=O)c1ccc(C(N)=O)c([CH]c2cc(C(N)=O)ccc2C(N)=O)c1. The summed E-state index contributed by atoms with van der Waals surface area (Å²) in [6.45, 7) is 0. The van der Waals surface area contributed by atoms with Crippen LogP contribution in [0.3, 0.4) is 0 Å². The first-order chi connectivity index (χ1) is 11.7. The summed E-state index contributed by atoms with van der Waals surface area (Å²) in [5.74, 6) is -2.89. The van der Waals surface area contributed by atoms with Crippen molar-refractivity contribution in [2.75, 3.05) is 0 Å². The maximum absolute atomic E-state index is 11.6. The number of benzene rings is 2. The van der Waals surface area contributed by atoms with Gasteiger partial charge in [0.25, 0.3) is 0 Å². The monoisotopic (exact) mass is 339 g/mol. The Morgan fingerprint density at radius 3 is 1.24 bits per heavy atom. The molecular formula is C17H15N4O4. The molecule has 127 valence electrons. The number of carbonyl (C=O) groups is 4. The molecule has 0 bridgehead atoms. The lowest BCUT2D eigenvalue weighted by Crippen LogP contribution is -2.18. The molecule has 1 radical (unpaired) electrons. The first-order valence-corrected chi connectivity index (χ1v) is 7.02. The van der Waals surface area contributed by atoms with Gasteiger partial charge in [0.05, 0.1) is 0 Å². The zero-order valence-corrected chi connectivity index (χ0v) is 13.0. The summed E-state index contributed by atoms with van der Waals surface area (Å²) < 4.78 is 0. The van der Waals surface area contributed by atoms with Crippen molar-refractivity contribution in [1.82, 2.24) is 0 Å². The maximum atomic E-state index is 11.6. The Hall–Kier alpha value is -3.68.